The van der Waals surface area contributed by atoms with E-state index >= 15 is 0 Å². The van der Waals surface area contributed by atoms with Crippen LogP contribution in [0.4, 0.5) is 0 Å². The molecule has 1 rings (SSSR count). The number of carbonyl (C=O) groups excluding carboxylic acids is 1. The molecule has 0 aromatic carbocycles. The second-order valence-electron chi connectivity index (χ2n) is 5.18. The molecule has 1 saturated heterocycles. The SMILES string of the molecule is CCC1COC(C)CN1C(=O)C(C)(C)CCl. The van der Waals surface area contributed by atoms with Gasteiger partial charge in [0, 0.05) is 12.4 Å². The highest BCUT2D eigenvalue weighted by Gasteiger charge is 2.37. The van der Waals surface area contributed by atoms with Gasteiger partial charge in [-0.2, -0.15) is 0 Å². The molecule has 0 aromatic heterocycles. The molecule has 1 aliphatic heterocycles. The molecule has 0 bridgehead atoms. The normalized spacial score (nSPS) is 26.9. The average molecular weight is 248 g/mol. The molecular weight excluding hydrogens is 226 g/mol. The molecule has 1 aliphatic rings. The van der Waals surface area contributed by atoms with Gasteiger partial charge in [0.15, 0.2) is 0 Å². The highest BCUT2D eigenvalue weighted by Crippen LogP contribution is 2.25. The van der Waals surface area contributed by atoms with E-state index in [0.717, 1.165) is 6.42 Å². The molecule has 94 valence electrons. The van der Waals surface area contributed by atoms with Crippen LogP contribution in [0.3, 0.4) is 0 Å². The first-order valence-electron chi connectivity index (χ1n) is 5.91. The number of carbonyl (C=O) groups is 1. The standard InChI is InChI=1S/C12H22ClNO2/c1-5-10-7-16-9(2)6-14(10)11(15)12(3,4)8-13/h9-10H,5-8H2,1-4H3. The molecule has 0 saturated carbocycles. The summed E-state index contributed by atoms with van der Waals surface area (Å²) >= 11 is 5.86. The fraction of sp³-hybridized carbons (Fsp3) is 0.917. The number of alkyl halides is 1. The predicted molar refractivity (Wildman–Crippen MR) is 65.7 cm³/mol. The second kappa shape index (κ2) is 5.37. The Labute approximate surface area is 103 Å². The maximum atomic E-state index is 12.4. The van der Waals surface area contributed by atoms with Crippen molar-refractivity contribution in [1.82, 2.24) is 4.90 Å². The highest BCUT2D eigenvalue weighted by molar-refractivity contribution is 6.19. The van der Waals surface area contributed by atoms with Gasteiger partial charge in [0.1, 0.15) is 0 Å². The smallest absolute Gasteiger partial charge is 0.229 e. The Morgan fingerprint density at radius 2 is 2.19 bits per heavy atom. The van der Waals surface area contributed by atoms with E-state index in [1.54, 1.807) is 0 Å². The van der Waals surface area contributed by atoms with Crippen LogP contribution in [0.25, 0.3) is 0 Å². The lowest BCUT2D eigenvalue weighted by molar-refractivity contribution is -0.152. The zero-order valence-electron chi connectivity index (χ0n) is 10.6. The Kier molecular flexibility index (Phi) is 4.62. The Bertz CT molecular complexity index is 255. The maximum absolute atomic E-state index is 12.4. The maximum Gasteiger partial charge on any atom is 0.229 e. The molecule has 16 heavy (non-hydrogen) atoms. The molecule has 0 spiro atoms. The molecule has 0 radical (unpaired) electrons. The zero-order chi connectivity index (χ0) is 12.3. The molecule has 0 N–H and O–H groups in total. The number of morpholine rings is 1. The van der Waals surface area contributed by atoms with E-state index in [2.05, 4.69) is 6.92 Å². The number of ether oxygens (including phenoxy) is 1. The van der Waals surface area contributed by atoms with Crippen LogP contribution in [0.1, 0.15) is 34.1 Å². The first kappa shape index (κ1) is 13.8. The van der Waals surface area contributed by atoms with E-state index in [-0.39, 0.29) is 18.1 Å². The predicted octanol–water partition coefficient (Wildman–Crippen LogP) is 2.28. The van der Waals surface area contributed by atoms with E-state index < -0.39 is 5.41 Å². The van der Waals surface area contributed by atoms with Crippen LogP contribution in [0, 0.1) is 5.41 Å². The van der Waals surface area contributed by atoms with Crippen LogP contribution in [0.15, 0.2) is 0 Å². The summed E-state index contributed by atoms with van der Waals surface area (Å²) in [5.41, 5.74) is -0.480. The van der Waals surface area contributed by atoms with Crippen molar-refractivity contribution in [2.75, 3.05) is 19.0 Å². The quantitative estimate of drug-likeness (QED) is 0.716. The van der Waals surface area contributed by atoms with Gasteiger partial charge in [0.05, 0.1) is 24.2 Å². The highest BCUT2D eigenvalue weighted by atomic mass is 35.5. The van der Waals surface area contributed by atoms with Gasteiger partial charge in [-0.1, -0.05) is 6.92 Å². The van der Waals surface area contributed by atoms with E-state index in [9.17, 15) is 4.79 Å². The van der Waals surface area contributed by atoms with E-state index in [0.29, 0.717) is 19.0 Å². The number of hydrogen-bond donors (Lipinski definition) is 0. The van der Waals surface area contributed by atoms with E-state index in [4.69, 9.17) is 16.3 Å². The van der Waals surface area contributed by atoms with E-state index in [1.807, 2.05) is 25.7 Å². The Hall–Kier alpha value is -0.280. The van der Waals surface area contributed by atoms with Gasteiger partial charge in [-0.3, -0.25) is 4.79 Å². The number of halogens is 1. The lowest BCUT2D eigenvalue weighted by Crippen LogP contribution is -2.55. The number of hydrogen-bond acceptors (Lipinski definition) is 2. The molecule has 0 aliphatic carbocycles. The minimum Gasteiger partial charge on any atom is -0.375 e. The summed E-state index contributed by atoms with van der Waals surface area (Å²) in [7, 11) is 0. The molecule has 1 fully saturated rings. The number of amides is 1. The summed E-state index contributed by atoms with van der Waals surface area (Å²) in [4.78, 5) is 14.3. The van der Waals surface area contributed by atoms with Crippen molar-refractivity contribution in [3.8, 4) is 0 Å². The van der Waals surface area contributed by atoms with Gasteiger partial charge in [-0.15, -0.1) is 11.6 Å². The topological polar surface area (TPSA) is 29.5 Å². The van der Waals surface area contributed by atoms with Crippen LogP contribution in [0.2, 0.25) is 0 Å². The molecule has 2 atom stereocenters. The molecule has 1 heterocycles. The fourth-order valence-corrected chi connectivity index (χ4v) is 1.99. The number of nitrogens with zero attached hydrogens (tertiary/aromatic N) is 1. The van der Waals surface area contributed by atoms with Crippen LogP contribution >= 0.6 is 11.6 Å². The minimum atomic E-state index is -0.480. The second-order valence-corrected chi connectivity index (χ2v) is 5.45. The molecule has 2 unspecified atom stereocenters. The van der Waals surface area contributed by atoms with Crippen molar-refractivity contribution < 1.29 is 9.53 Å². The Balaban J connectivity index is 2.78. The lowest BCUT2D eigenvalue weighted by Gasteiger charge is -2.41. The third-order valence-electron chi connectivity index (χ3n) is 3.11. The molecule has 0 aromatic rings. The zero-order valence-corrected chi connectivity index (χ0v) is 11.4. The first-order valence-corrected chi connectivity index (χ1v) is 6.44. The summed E-state index contributed by atoms with van der Waals surface area (Å²) in [6.45, 7) is 9.20. The Morgan fingerprint density at radius 1 is 1.56 bits per heavy atom. The van der Waals surface area contributed by atoms with Gasteiger partial charge >= 0.3 is 0 Å². The summed E-state index contributed by atoms with van der Waals surface area (Å²) in [5, 5.41) is 0. The average Bonchev–Trinajstić information content (AvgIpc) is 2.28. The Morgan fingerprint density at radius 3 is 2.69 bits per heavy atom. The molecule has 3 nitrogen and oxygen atoms in total. The third-order valence-corrected chi connectivity index (χ3v) is 3.78. The van der Waals surface area contributed by atoms with Crippen LogP contribution in [-0.2, 0) is 9.53 Å². The van der Waals surface area contributed by atoms with Crippen molar-refractivity contribution in [2.45, 2.75) is 46.3 Å². The van der Waals surface area contributed by atoms with Gasteiger partial charge in [0.2, 0.25) is 5.91 Å². The van der Waals surface area contributed by atoms with E-state index in [1.165, 1.54) is 0 Å². The van der Waals surface area contributed by atoms with Crippen LogP contribution in [-0.4, -0.2) is 42.0 Å². The summed E-state index contributed by atoms with van der Waals surface area (Å²) in [5.74, 6) is 0.498. The molecule has 1 amide bonds. The monoisotopic (exact) mass is 247 g/mol. The van der Waals surface area contributed by atoms with Gasteiger partial charge < -0.3 is 9.64 Å². The largest absolute Gasteiger partial charge is 0.375 e. The summed E-state index contributed by atoms with van der Waals surface area (Å²) < 4.78 is 5.58. The van der Waals surface area contributed by atoms with Crippen molar-refractivity contribution in [2.24, 2.45) is 5.41 Å². The van der Waals surface area contributed by atoms with Crippen molar-refractivity contribution in [1.29, 1.82) is 0 Å². The van der Waals surface area contributed by atoms with Crippen LogP contribution in [0.5, 0.6) is 0 Å². The summed E-state index contributed by atoms with van der Waals surface area (Å²) in [6, 6.07) is 0.200. The van der Waals surface area contributed by atoms with Crippen LogP contribution < -0.4 is 0 Å². The van der Waals surface area contributed by atoms with Gasteiger partial charge in [-0.25, -0.2) is 0 Å². The molecule has 4 heteroatoms. The van der Waals surface area contributed by atoms with Gasteiger partial charge in [-0.05, 0) is 27.2 Å². The van der Waals surface area contributed by atoms with Crippen molar-refractivity contribution in [3.05, 3.63) is 0 Å². The number of rotatable bonds is 3. The van der Waals surface area contributed by atoms with Crippen molar-refractivity contribution in [3.63, 3.8) is 0 Å². The first-order chi connectivity index (χ1) is 7.42. The summed E-state index contributed by atoms with van der Waals surface area (Å²) in [6.07, 6.45) is 1.05. The fourth-order valence-electron chi connectivity index (χ4n) is 1.88. The van der Waals surface area contributed by atoms with Gasteiger partial charge in [0.25, 0.3) is 0 Å². The minimum absolute atomic E-state index is 0.123. The lowest BCUT2D eigenvalue weighted by atomic mass is 9.92. The third kappa shape index (κ3) is 2.89. The van der Waals surface area contributed by atoms with Crippen molar-refractivity contribution >= 4 is 17.5 Å². The molecular formula is C12H22ClNO2.